The monoisotopic (exact) mass is 482 g/mol. The van der Waals surface area contributed by atoms with Crippen LogP contribution in [0.1, 0.15) is 42.1 Å². The lowest BCUT2D eigenvalue weighted by Gasteiger charge is -2.35. The molecule has 178 valence electrons. The van der Waals surface area contributed by atoms with Crippen LogP contribution in [-0.4, -0.2) is 52.2 Å². The standard InChI is InChI=1S/C25H27ClN4O4/c1-16-14-30(15-17(2)33-16)25(32)20-5-3-18(4-6-20)13-27-22(31)11-12-23-28-24(29-34-23)19-7-9-21(26)10-8-19/h3-10,16-17H,11-15H2,1-2H3,(H,27,31). The van der Waals surface area contributed by atoms with E-state index in [9.17, 15) is 9.59 Å². The van der Waals surface area contributed by atoms with Gasteiger partial charge >= 0.3 is 0 Å². The number of nitrogens with one attached hydrogen (secondary N) is 1. The average Bonchev–Trinajstić information content (AvgIpc) is 3.30. The number of hydrogen-bond donors (Lipinski definition) is 1. The summed E-state index contributed by atoms with van der Waals surface area (Å²) in [7, 11) is 0. The van der Waals surface area contributed by atoms with Crippen molar-refractivity contribution in [3.8, 4) is 11.4 Å². The lowest BCUT2D eigenvalue weighted by molar-refractivity contribution is -0.121. The van der Waals surface area contributed by atoms with Crippen molar-refractivity contribution in [1.29, 1.82) is 0 Å². The molecule has 0 bridgehead atoms. The number of aromatic nitrogens is 2. The topological polar surface area (TPSA) is 97.6 Å². The molecule has 34 heavy (non-hydrogen) atoms. The fraction of sp³-hybridized carbons (Fsp3) is 0.360. The van der Waals surface area contributed by atoms with Crippen LogP contribution in [0.3, 0.4) is 0 Å². The molecule has 1 aliphatic heterocycles. The second-order valence-corrected chi connectivity index (χ2v) is 8.90. The Hall–Kier alpha value is -3.23. The van der Waals surface area contributed by atoms with Gasteiger partial charge in [0.2, 0.25) is 17.6 Å². The highest BCUT2D eigenvalue weighted by molar-refractivity contribution is 6.30. The smallest absolute Gasteiger partial charge is 0.254 e. The SMILES string of the molecule is CC1CN(C(=O)c2ccc(CNC(=O)CCc3nc(-c4ccc(Cl)cc4)no3)cc2)CC(C)O1. The molecule has 0 radical (unpaired) electrons. The van der Waals surface area contributed by atoms with E-state index in [1.807, 2.05) is 43.0 Å². The number of morpholine rings is 1. The lowest BCUT2D eigenvalue weighted by atomic mass is 10.1. The minimum absolute atomic E-state index is 0.00453. The van der Waals surface area contributed by atoms with Crippen LogP contribution in [0.4, 0.5) is 0 Å². The minimum Gasteiger partial charge on any atom is -0.372 e. The van der Waals surface area contributed by atoms with Gasteiger partial charge in [0.05, 0.1) is 12.2 Å². The zero-order valence-corrected chi connectivity index (χ0v) is 19.9. The summed E-state index contributed by atoms with van der Waals surface area (Å²) in [5, 5.41) is 7.47. The van der Waals surface area contributed by atoms with E-state index >= 15 is 0 Å². The molecule has 1 aliphatic rings. The summed E-state index contributed by atoms with van der Waals surface area (Å²) in [5.41, 5.74) is 2.34. The van der Waals surface area contributed by atoms with E-state index in [1.165, 1.54) is 0 Å². The predicted octanol–water partition coefficient (Wildman–Crippen LogP) is 3.89. The molecule has 1 fully saturated rings. The maximum Gasteiger partial charge on any atom is 0.254 e. The maximum absolute atomic E-state index is 12.8. The van der Waals surface area contributed by atoms with E-state index in [-0.39, 0.29) is 30.4 Å². The summed E-state index contributed by atoms with van der Waals surface area (Å²) in [6.07, 6.45) is 0.624. The Labute approximate surface area is 203 Å². The highest BCUT2D eigenvalue weighted by Crippen LogP contribution is 2.19. The third-order valence-electron chi connectivity index (χ3n) is 5.53. The first-order valence-electron chi connectivity index (χ1n) is 11.3. The largest absolute Gasteiger partial charge is 0.372 e. The van der Waals surface area contributed by atoms with Crippen LogP contribution in [0.2, 0.25) is 5.02 Å². The first-order chi connectivity index (χ1) is 16.4. The summed E-state index contributed by atoms with van der Waals surface area (Å²) in [4.78, 5) is 31.2. The van der Waals surface area contributed by atoms with Crippen molar-refractivity contribution in [1.82, 2.24) is 20.4 Å². The van der Waals surface area contributed by atoms with E-state index < -0.39 is 0 Å². The van der Waals surface area contributed by atoms with Crippen molar-refractivity contribution in [2.75, 3.05) is 13.1 Å². The van der Waals surface area contributed by atoms with Gasteiger partial charge in [-0.05, 0) is 55.8 Å². The third kappa shape index (κ3) is 6.21. The van der Waals surface area contributed by atoms with Gasteiger partial charge in [-0.25, -0.2) is 0 Å². The molecule has 4 rings (SSSR count). The minimum atomic E-state index is -0.123. The fourth-order valence-corrected chi connectivity index (χ4v) is 4.00. The van der Waals surface area contributed by atoms with Crippen molar-refractivity contribution in [2.45, 2.75) is 45.4 Å². The number of hydrogen-bond acceptors (Lipinski definition) is 6. The molecular weight excluding hydrogens is 456 g/mol. The Balaban J connectivity index is 1.23. The maximum atomic E-state index is 12.8. The Morgan fingerprint density at radius 1 is 1.06 bits per heavy atom. The van der Waals surface area contributed by atoms with E-state index in [0.29, 0.717) is 48.4 Å². The number of halogens is 1. The van der Waals surface area contributed by atoms with E-state index in [4.69, 9.17) is 20.9 Å². The van der Waals surface area contributed by atoms with Crippen LogP contribution in [-0.2, 0) is 22.5 Å². The molecule has 8 nitrogen and oxygen atoms in total. The van der Waals surface area contributed by atoms with E-state index in [0.717, 1.165) is 11.1 Å². The molecular formula is C25H27ClN4O4. The Morgan fingerprint density at radius 3 is 2.41 bits per heavy atom. The van der Waals surface area contributed by atoms with Gasteiger partial charge in [0.1, 0.15) is 0 Å². The predicted molar refractivity (Wildman–Crippen MR) is 127 cm³/mol. The summed E-state index contributed by atoms with van der Waals surface area (Å²) in [6.45, 7) is 5.49. The molecule has 1 N–H and O–H groups in total. The molecule has 0 spiro atoms. The average molecular weight is 483 g/mol. The normalized spacial score (nSPS) is 18.0. The number of benzene rings is 2. The number of aryl methyl sites for hydroxylation is 1. The van der Waals surface area contributed by atoms with Gasteiger partial charge in [0.15, 0.2) is 0 Å². The first kappa shape index (κ1) is 23.9. The third-order valence-corrected chi connectivity index (χ3v) is 5.79. The molecule has 2 atom stereocenters. The molecule has 1 aromatic heterocycles. The Kier molecular flexibility index (Phi) is 7.59. The van der Waals surface area contributed by atoms with Gasteiger partial charge < -0.3 is 19.5 Å². The van der Waals surface area contributed by atoms with Gasteiger partial charge in [-0.2, -0.15) is 4.98 Å². The van der Waals surface area contributed by atoms with Crippen LogP contribution in [0.25, 0.3) is 11.4 Å². The molecule has 1 saturated heterocycles. The Bertz CT molecular complexity index is 1120. The zero-order valence-electron chi connectivity index (χ0n) is 19.2. The highest BCUT2D eigenvalue weighted by Gasteiger charge is 2.26. The molecule has 9 heteroatoms. The van der Waals surface area contributed by atoms with Crippen molar-refractivity contribution in [2.24, 2.45) is 0 Å². The number of amides is 2. The van der Waals surface area contributed by atoms with Gasteiger partial charge in [-0.15, -0.1) is 0 Å². The molecule has 2 heterocycles. The fourth-order valence-electron chi connectivity index (χ4n) is 3.87. The molecule has 3 aromatic rings. The highest BCUT2D eigenvalue weighted by atomic mass is 35.5. The van der Waals surface area contributed by atoms with E-state index in [1.54, 1.807) is 24.3 Å². The van der Waals surface area contributed by atoms with E-state index in [2.05, 4.69) is 15.5 Å². The zero-order chi connectivity index (χ0) is 24.1. The van der Waals surface area contributed by atoms with Crippen LogP contribution in [0.15, 0.2) is 53.1 Å². The summed E-state index contributed by atoms with van der Waals surface area (Å²) < 4.78 is 10.9. The molecule has 0 saturated carbocycles. The molecule has 0 aliphatic carbocycles. The van der Waals surface area contributed by atoms with Gasteiger partial charge in [0.25, 0.3) is 5.91 Å². The number of ether oxygens (including phenoxy) is 1. The van der Waals surface area contributed by atoms with Crippen LogP contribution in [0.5, 0.6) is 0 Å². The number of carbonyl (C=O) groups is 2. The van der Waals surface area contributed by atoms with Crippen molar-refractivity contribution < 1.29 is 18.8 Å². The van der Waals surface area contributed by atoms with Crippen LogP contribution in [0, 0.1) is 0 Å². The lowest BCUT2D eigenvalue weighted by Crippen LogP contribution is -2.48. The summed E-state index contributed by atoms with van der Waals surface area (Å²) >= 11 is 5.90. The summed E-state index contributed by atoms with van der Waals surface area (Å²) in [6, 6.07) is 14.4. The molecule has 2 unspecified atom stereocenters. The number of carbonyl (C=O) groups excluding carboxylic acids is 2. The van der Waals surface area contributed by atoms with Crippen molar-refractivity contribution in [3.63, 3.8) is 0 Å². The van der Waals surface area contributed by atoms with Crippen molar-refractivity contribution in [3.05, 3.63) is 70.6 Å². The van der Waals surface area contributed by atoms with Crippen molar-refractivity contribution >= 4 is 23.4 Å². The molecule has 2 amide bonds. The van der Waals surface area contributed by atoms with Crippen LogP contribution < -0.4 is 5.32 Å². The number of rotatable bonds is 7. The Morgan fingerprint density at radius 2 is 1.74 bits per heavy atom. The van der Waals surface area contributed by atoms with Gasteiger partial charge in [-0.3, -0.25) is 9.59 Å². The quantitative estimate of drug-likeness (QED) is 0.548. The molecule has 2 aromatic carbocycles. The summed E-state index contributed by atoms with van der Waals surface area (Å²) in [5.74, 6) is 0.732. The second kappa shape index (κ2) is 10.8. The van der Waals surface area contributed by atoms with Crippen LogP contribution >= 0.6 is 11.6 Å². The first-order valence-corrected chi connectivity index (χ1v) is 11.6. The number of nitrogens with zero attached hydrogens (tertiary/aromatic N) is 3. The second-order valence-electron chi connectivity index (χ2n) is 8.46. The van der Waals surface area contributed by atoms with Gasteiger partial charge in [0, 0.05) is 48.6 Å². The van der Waals surface area contributed by atoms with Gasteiger partial charge in [-0.1, -0.05) is 28.9 Å².